The molecule has 0 bridgehead atoms. The van der Waals surface area contributed by atoms with E-state index in [4.69, 9.17) is 15.6 Å². The van der Waals surface area contributed by atoms with Gasteiger partial charge in [0.1, 0.15) is 0 Å². The van der Waals surface area contributed by atoms with E-state index in [1.165, 1.54) is 7.11 Å². The molecule has 0 aromatic heterocycles. The Labute approximate surface area is 82.9 Å². The summed E-state index contributed by atoms with van der Waals surface area (Å²) in [5.74, 6) is 0.378. The predicted molar refractivity (Wildman–Crippen MR) is 53.4 cm³/mol. The first kappa shape index (κ1) is 10.8. The maximum Gasteiger partial charge on any atom is 0.165 e. The number of aryl methyl sites for hydroxylation is 1. The van der Waals surface area contributed by atoms with Crippen molar-refractivity contribution in [2.24, 2.45) is 5.73 Å². The van der Waals surface area contributed by atoms with Gasteiger partial charge in [-0.3, -0.25) is 0 Å². The molecule has 4 N–H and O–H groups in total. The SMILES string of the molecule is COc1c(O)ccc(C)c1C(N)CO. The maximum absolute atomic E-state index is 9.50. The van der Waals surface area contributed by atoms with Gasteiger partial charge in [-0.15, -0.1) is 0 Å². The number of methoxy groups -OCH3 is 1. The number of nitrogens with two attached hydrogens (primary N) is 1. The number of phenolic OH excluding ortho intramolecular Hbond substituents is 1. The molecular formula is C10H15NO3. The average molecular weight is 197 g/mol. The molecule has 78 valence electrons. The van der Waals surface area contributed by atoms with E-state index in [1.807, 2.05) is 6.92 Å². The summed E-state index contributed by atoms with van der Waals surface area (Å²) >= 11 is 0. The molecule has 1 unspecified atom stereocenters. The molecule has 0 saturated heterocycles. The second-order valence-electron chi connectivity index (χ2n) is 3.14. The third-order valence-corrected chi connectivity index (χ3v) is 2.16. The molecule has 4 nitrogen and oxygen atoms in total. The summed E-state index contributed by atoms with van der Waals surface area (Å²) in [6.07, 6.45) is 0. The van der Waals surface area contributed by atoms with E-state index in [2.05, 4.69) is 0 Å². The highest BCUT2D eigenvalue weighted by atomic mass is 16.5. The molecule has 0 amide bonds. The molecule has 14 heavy (non-hydrogen) atoms. The van der Waals surface area contributed by atoms with Crippen LogP contribution in [0.25, 0.3) is 0 Å². The summed E-state index contributed by atoms with van der Waals surface area (Å²) in [6, 6.07) is 2.75. The largest absolute Gasteiger partial charge is 0.504 e. The number of phenols is 1. The third kappa shape index (κ3) is 1.81. The Hall–Kier alpha value is -1.26. The number of aromatic hydroxyl groups is 1. The molecule has 0 aliphatic rings. The lowest BCUT2D eigenvalue weighted by molar-refractivity contribution is 0.263. The lowest BCUT2D eigenvalue weighted by Crippen LogP contribution is -2.16. The van der Waals surface area contributed by atoms with E-state index >= 15 is 0 Å². The number of benzene rings is 1. The molecule has 0 spiro atoms. The smallest absolute Gasteiger partial charge is 0.165 e. The fraction of sp³-hybridized carbons (Fsp3) is 0.400. The first-order valence-electron chi connectivity index (χ1n) is 4.34. The molecular weight excluding hydrogens is 182 g/mol. The summed E-state index contributed by atoms with van der Waals surface area (Å²) in [5, 5.41) is 18.5. The number of hydrogen-bond acceptors (Lipinski definition) is 4. The van der Waals surface area contributed by atoms with E-state index < -0.39 is 6.04 Å². The van der Waals surface area contributed by atoms with Crippen LogP contribution in [0.4, 0.5) is 0 Å². The molecule has 1 aromatic rings. The molecule has 4 heteroatoms. The Morgan fingerprint density at radius 3 is 2.64 bits per heavy atom. The van der Waals surface area contributed by atoms with E-state index in [0.29, 0.717) is 11.3 Å². The zero-order valence-electron chi connectivity index (χ0n) is 8.32. The predicted octanol–water partition coefficient (Wildman–Crippen LogP) is 0.701. The highest BCUT2D eigenvalue weighted by Gasteiger charge is 2.16. The van der Waals surface area contributed by atoms with E-state index in [0.717, 1.165) is 5.56 Å². The van der Waals surface area contributed by atoms with Gasteiger partial charge in [0.2, 0.25) is 0 Å². The molecule has 0 fully saturated rings. The van der Waals surface area contributed by atoms with Gasteiger partial charge in [-0.1, -0.05) is 6.07 Å². The van der Waals surface area contributed by atoms with Gasteiger partial charge in [0.25, 0.3) is 0 Å². The first-order chi connectivity index (χ1) is 6.61. The summed E-state index contributed by atoms with van der Waals surface area (Å²) in [4.78, 5) is 0. The minimum Gasteiger partial charge on any atom is -0.504 e. The van der Waals surface area contributed by atoms with Crippen LogP contribution in [0.1, 0.15) is 17.2 Å². The van der Waals surface area contributed by atoms with Crippen molar-refractivity contribution in [2.45, 2.75) is 13.0 Å². The van der Waals surface area contributed by atoms with Gasteiger partial charge < -0.3 is 20.7 Å². The van der Waals surface area contributed by atoms with Crippen molar-refractivity contribution >= 4 is 0 Å². The summed E-state index contributed by atoms with van der Waals surface area (Å²) in [7, 11) is 1.46. The van der Waals surface area contributed by atoms with Crippen LogP contribution in [0.5, 0.6) is 11.5 Å². The van der Waals surface area contributed by atoms with Gasteiger partial charge in [0, 0.05) is 5.56 Å². The van der Waals surface area contributed by atoms with Crippen LogP contribution in [-0.2, 0) is 0 Å². The normalized spacial score (nSPS) is 12.6. The highest BCUT2D eigenvalue weighted by molar-refractivity contribution is 5.51. The average Bonchev–Trinajstić information content (AvgIpc) is 2.19. The van der Waals surface area contributed by atoms with E-state index in [1.54, 1.807) is 12.1 Å². The molecule has 0 aliphatic heterocycles. The Morgan fingerprint density at radius 2 is 2.14 bits per heavy atom. The zero-order valence-corrected chi connectivity index (χ0v) is 8.32. The molecule has 0 radical (unpaired) electrons. The van der Waals surface area contributed by atoms with Crippen LogP contribution in [0.3, 0.4) is 0 Å². The van der Waals surface area contributed by atoms with Gasteiger partial charge in [0.15, 0.2) is 11.5 Å². The Morgan fingerprint density at radius 1 is 1.50 bits per heavy atom. The fourth-order valence-electron chi connectivity index (χ4n) is 1.45. The van der Waals surface area contributed by atoms with Crippen LogP contribution in [-0.4, -0.2) is 23.9 Å². The van der Waals surface area contributed by atoms with Crippen molar-refractivity contribution < 1.29 is 14.9 Å². The standard InChI is InChI=1S/C10H15NO3/c1-6-3-4-8(13)10(14-2)9(6)7(11)5-12/h3-4,7,12-13H,5,11H2,1-2H3. The topological polar surface area (TPSA) is 75.7 Å². The molecule has 0 aliphatic carbocycles. The van der Waals surface area contributed by atoms with Crippen LogP contribution in [0.15, 0.2) is 12.1 Å². The van der Waals surface area contributed by atoms with Crippen LogP contribution >= 0.6 is 0 Å². The fourth-order valence-corrected chi connectivity index (χ4v) is 1.45. The quantitative estimate of drug-likeness (QED) is 0.666. The van der Waals surface area contributed by atoms with Gasteiger partial charge in [-0.25, -0.2) is 0 Å². The van der Waals surface area contributed by atoms with Crippen molar-refractivity contribution in [2.75, 3.05) is 13.7 Å². The molecule has 1 aromatic carbocycles. The number of rotatable bonds is 3. The molecule has 0 saturated carbocycles. The van der Waals surface area contributed by atoms with Crippen molar-refractivity contribution in [3.63, 3.8) is 0 Å². The van der Waals surface area contributed by atoms with Crippen LogP contribution in [0.2, 0.25) is 0 Å². The minimum atomic E-state index is -0.531. The van der Waals surface area contributed by atoms with Crippen molar-refractivity contribution in [3.05, 3.63) is 23.3 Å². The van der Waals surface area contributed by atoms with E-state index in [9.17, 15) is 5.11 Å². The third-order valence-electron chi connectivity index (χ3n) is 2.16. The number of ether oxygens (including phenoxy) is 1. The molecule has 1 rings (SSSR count). The lowest BCUT2D eigenvalue weighted by atomic mass is 10.0. The second-order valence-corrected chi connectivity index (χ2v) is 3.14. The van der Waals surface area contributed by atoms with Crippen LogP contribution in [0, 0.1) is 6.92 Å². The number of hydrogen-bond donors (Lipinski definition) is 3. The van der Waals surface area contributed by atoms with Gasteiger partial charge in [-0.05, 0) is 18.6 Å². The van der Waals surface area contributed by atoms with Crippen LogP contribution < -0.4 is 10.5 Å². The minimum absolute atomic E-state index is 0.0389. The Bertz CT molecular complexity index is 325. The lowest BCUT2D eigenvalue weighted by Gasteiger charge is -2.17. The Balaban J connectivity index is 3.29. The summed E-state index contributed by atoms with van der Waals surface area (Å²) in [6.45, 7) is 1.67. The molecule has 1 atom stereocenters. The van der Waals surface area contributed by atoms with Gasteiger partial charge in [-0.2, -0.15) is 0 Å². The van der Waals surface area contributed by atoms with Crippen molar-refractivity contribution in [1.29, 1.82) is 0 Å². The van der Waals surface area contributed by atoms with Gasteiger partial charge in [0.05, 0.1) is 19.8 Å². The Kier molecular flexibility index (Phi) is 3.33. The number of aliphatic hydroxyl groups excluding tert-OH is 1. The number of aliphatic hydroxyl groups is 1. The molecule has 0 heterocycles. The summed E-state index contributed by atoms with van der Waals surface area (Å²) in [5.41, 5.74) is 7.24. The first-order valence-corrected chi connectivity index (χ1v) is 4.34. The monoisotopic (exact) mass is 197 g/mol. The van der Waals surface area contributed by atoms with E-state index in [-0.39, 0.29) is 12.4 Å². The highest BCUT2D eigenvalue weighted by Crippen LogP contribution is 2.35. The maximum atomic E-state index is 9.50. The van der Waals surface area contributed by atoms with Crippen molar-refractivity contribution in [1.82, 2.24) is 0 Å². The summed E-state index contributed by atoms with van der Waals surface area (Å²) < 4.78 is 5.04. The van der Waals surface area contributed by atoms with Gasteiger partial charge >= 0.3 is 0 Å². The second kappa shape index (κ2) is 4.30. The van der Waals surface area contributed by atoms with Crippen molar-refractivity contribution in [3.8, 4) is 11.5 Å². The zero-order chi connectivity index (χ0) is 10.7.